The Morgan fingerprint density at radius 2 is 2.00 bits per heavy atom. The van der Waals surface area contributed by atoms with Gasteiger partial charge in [0.15, 0.2) is 0 Å². The zero-order valence-electron chi connectivity index (χ0n) is 8.05. The number of hydrogen-bond acceptors (Lipinski definition) is 2. The van der Waals surface area contributed by atoms with Crippen molar-refractivity contribution in [2.45, 2.75) is 0 Å². The predicted molar refractivity (Wildman–Crippen MR) is 58.4 cm³/mol. The molecule has 0 atom stereocenters. The summed E-state index contributed by atoms with van der Waals surface area (Å²) >= 11 is 0. The third kappa shape index (κ3) is 2.40. The smallest absolute Gasteiger partial charge is 0.203 e. The van der Waals surface area contributed by atoms with Gasteiger partial charge in [0.25, 0.3) is 0 Å². The fraction of sp³-hybridized carbons (Fsp3) is 0. The number of allylic oxidation sites excluding steroid dienone is 1. The van der Waals surface area contributed by atoms with Crippen molar-refractivity contribution in [1.82, 2.24) is 10.2 Å². The molecule has 0 fully saturated rings. The molecule has 3 nitrogen and oxygen atoms in total. The second-order valence-corrected chi connectivity index (χ2v) is 3.08. The molecule has 0 saturated carbocycles. The third-order valence-corrected chi connectivity index (χ3v) is 1.99. The van der Waals surface area contributed by atoms with Gasteiger partial charge in [-0.1, -0.05) is 36.4 Å². The number of ketones is 1. The summed E-state index contributed by atoms with van der Waals surface area (Å²) in [7, 11) is 0. The van der Waals surface area contributed by atoms with Gasteiger partial charge in [0, 0.05) is 6.20 Å². The molecule has 2 aromatic rings. The lowest BCUT2D eigenvalue weighted by Crippen LogP contribution is -1.93. The van der Waals surface area contributed by atoms with E-state index in [1.807, 2.05) is 30.3 Å². The lowest BCUT2D eigenvalue weighted by Gasteiger charge is -1.90. The Kier molecular flexibility index (Phi) is 2.74. The molecule has 0 unspecified atom stereocenters. The quantitative estimate of drug-likeness (QED) is 0.607. The number of aromatic amines is 1. The highest BCUT2D eigenvalue weighted by Crippen LogP contribution is 2.03. The Hall–Kier alpha value is -2.16. The second kappa shape index (κ2) is 4.37. The number of aromatic nitrogens is 2. The van der Waals surface area contributed by atoms with Crippen molar-refractivity contribution in [2.75, 3.05) is 0 Å². The molecule has 1 aromatic carbocycles. The minimum absolute atomic E-state index is 0.0728. The first-order valence-electron chi connectivity index (χ1n) is 4.63. The van der Waals surface area contributed by atoms with Crippen LogP contribution in [-0.4, -0.2) is 16.0 Å². The fourth-order valence-electron chi connectivity index (χ4n) is 1.22. The van der Waals surface area contributed by atoms with Crippen molar-refractivity contribution in [2.24, 2.45) is 0 Å². The molecule has 0 spiro atoms. The van der Waals surface area contributed by atoms with Crippen molar-refractivity contribution in [3.8, 4) is 0 Å². The SMILES string of the molecule is O=C(C=Cc1ccccc1)c1ccn[nH]1. The van der Waals surface area contributed by atoms with Gasteiger partial charge >= 0.3 is 0 Å². The van der Waals surface area contributed by atoms with E-state index in [2.05, 4.69) is 10.2 Å². The number of nitrogens with zero attached hydrogens (tertiary/aromatic N) is 1. The Balaban J connectivity index is 2.10. The van der Waals surface area contributed by atoms with Gasteiger partial charge in [0.2, 0.25) is 5.78 Å². The summed E-state index contributed by atoms with van der Waals surface area (Å²) in [6.07, 6.45) is 4.87. The van der Waals surface area contributed by atoms with Crippen LogP contribution < -0.4 is 0 Å². The number of hydrogen-bond donors (Lipinski definition) is 1. The van der Waals surface area contributed by atoms with E-state index < -0.39 is 0 Å². The van der Waals surface area contributed by atoms with Crippen LogP contribution in [0.4, 0.5) is 0 Å². The molecule has 1 heterocycles. The molecule has 2 rings (SSSR count). The molecule has 1 N–H and O–H groups in total. The van der Waals surface area contributed by atoms with Crippen LogP contribution in [-0.2, 0) is 0 Å². The third-order valence-electron chi connectivity index (χ3n) is 1.99. The van der Waals surface area contributed by atoms with Gasteiger partial charge in [0.05, 0.1) is 0 Å². The normalized spacial score (nSPS) is 10.7. The largest absolute Gasteiger partial charge is 0.288 e. The highest BCUT2D eigenvalue weighted by atomic mass is 16.1. The van der Waals surface area contributed by atoms with Crippen LogP contribution in [0.15, 0.2) is 48.7 Å². The summed E-state index contributed by atoms with van der Waals surface area (Å²) in [6.45, 7) is 0. The number of carbonyl (C=O) groups excluding carboxylic acids is 1. The van der Waals surface area contributed by atoms with Gasteiger partial charge in [-0.2, -0.15) is 5.10 Å². The molecule has 0 bridgehead atoms. The highest BCUT2D eigenvalue weighted by molar-refractivity contribution is 6.05. The van der Waals surface area contributed by atoms with Gasteiger partial charge < -0.3 is 0 Å². The van der Waals surface area contributed by atoms with E-state index >= 15 is 0 Å². The fourth-order valence-corrected chi connectivity index (χ4v) is 1.22. The number of H-pyrrole nitrogens is 1. The van der Waals surface area contributed by atoms with E-state index in [1.165, 1.54) is 6.08 Å². The van der Waals surface area contributed by atoms with Crippen LogP contribution in [0.25, 0.3) is 6.08 Å². The summed E-state index contributed by atoms with van der Waals surface area (Å²) in [6, 6.07) is 11.3. The van der Waals surface area contributed by atoms with Gasteiger partial charge in [-0.3, -0.25) is 9.89 Å². The first-order valence-corrected chi connectivity index (χ1v) is 4.63. The van der Waals surface area contributed by atoms with E-state index in [1.54, 1.807) is 18.3 Å². The zero-order valence-corrected chi connectivity index (χ0v) is 8.05. The average Bonchev–Trinajstić information content (AvgIpc) is 2.81. The number of benzene rings is 1. The topological polar surface area (TPSA) is 45.8 Å². The van der Waals surface area contributed by atoms with Crippen LogP contribution in [0.2, 0.25) is 0 Å². The summed E-state index contributed by atoms with van der Waals surface area (Å²) in [4.78, 5) is 11.5. The Morgan fingerprint density at radius 1 is 1.20 bits per heavy atom. The summed E-state index contributed by atoms with van der Waals surface area (Å²) in [5.41, 5.74) is 1.51. The average molecular weight is 198 g/mol. The minimum Gasteiger partial charge on any atom is -0.288 e. The standard InChI is InChI=1S/C12H10N2O/c15-12(11-8-9-13-14-11)7-6-10-4-2-1-3-5-10/h1-9H,(H,13,14). The van der Waals surface area contributed by atoms with Gasteiger partial charge in [-0.15, -0.1) is 0 Å². The van der Waals surface area contributed by atoms with Crippen molar-refractivity contribution in [3.05, 3.63) is 59.9 Å². The molecule has 3 heteroatoms. The van der Waals surface area contributed by atoms with Crippen LogP contribution in [0.3, 0.4) is 0 Å². The van der Waals surface area contributed by atoms with Gasteiger partial charge in [-0.25, -0.2) is 0 Å². The van der Waals surface area contributed by atoms with Crippen LogP contribution >= 0.6 is 0 Å². The van der Waals surface area contributed by atoms with Gasteiger partial charge in [-0.05, 0) is 17.7 Å². The lowest BCUT2D eigenvalue weighted by molar-refractivity contribution is 0.104. The Labute approximate surface area is 87.5 Å². The van der Waals surface area contributed by atoms with Crippen LogP contribution in [0.1, 0.15) is 16.1 Å². The van der Waals surface area contributed by atoms with E-state index in [-0.39, 0.29) is 5.78 Å². The van der Waals surface area contributed by atoms with Crippen LogP contribution in [0, 0.1) is 0 Å². The molecule has 0 saturated heterocycles. The van der Waals surface area contributed by atoms with Crippen molar-refractivity contribution >= 4 is 11.9 Å². The van der Waals surface area contributed by atoms with Gasteiger partial charge in [0.1, 0.15) is 5.69 Å². The summed E-state index contributed by atoms with van der Waals surface area (Å²) in [5, 5.41) is 6.34. The maximum absolute atomic E-state index is 11.5. The molecule has 0 aliphatic rings. The van der Waals surface area contributed by atoms with E-state index in [0.29, 0.717) is 5.69 Å². The second-order valence-electron chi connectivity index (χ2n) is 3.08. The molecule has 1 aromatic heterocycles. The molecule has 15 heavy (non-hydrogen) atoms. The summed E-state index contributed by atoms with van der Waals surface area (Å²) < 4.78 is 0. The molecule has 74 valence electrons. The highest BCUT2D eigenvalue weighted by Gasteiger charge is 2.00. The molecular formula is C12H10N2O. The molecule has 0 radical (unpaired) electrons. The van der Waals surface area contributed by atoms with E-state index in [4.69, 9.17) is 0 Å². The first-order chi connectivity index (χ1) is 7.36. The van der Waals surface area contributed by atoms with Crippen molar-refractivity contribution < 1.29 is 4.79 Å². The molecule has 0 aliphatic heterocycles. The van der Waals surface area contributed by atoms with Crippen molar-refractivity contribution in [1.29, 1.82) is 0 Å². The Bertz CT molecular complexity index is 458. The molecule has 0 aliphatic carbocycles. The van der Waals surface area contributed by atoms with Crippen molar-refractivity contribution in [3.63, 3.8) is 0 Å². The monoisotopic (exact) mass is 198 g/mol. The molecule has 0 amide bonds. The summed E-state index contributed by atoms with van der Waals surface area (Å²) in [5.74, 6) is -0.0728. The zero-order chi connectivity index (χ0) is 10.5. The minimum atomic E-state index is -0.0728. The lowest BCUT2D eigenvalue weighted by atomic mass is 10.2. The predicted octanol–water partition coefficient (Wildman–Crippen LogP) is 2.31. The number of carbonyl (C=O) groups is 1. The molecular weight excluding hydrogens is 188 g/mol. The first kappa shape index (κ1) is 9.40. The number of nitrogens with one attached hydrogen (secondary N) is 1. The van der Waals surface area contributed by atoms with Crippen LogP contribution in [0.5, 0.6) is 0 Å². The number of rotatable bonds is 3. The Morgan fingerprint density at radius 3 is 2.67 bits per heavy atom. The maximum atomic E-state index is 11.5. The maximum Gasteiger partial charge on any atom is 0.203 e. The van der Waals surface area contributed by atoms with E-state index in [9.17, 15) is 4.79 Å². The van der Waals surface area contributed by atoms with E-state index in [0.717, 1.165) is 5.56 Å².